The van der Waals surface area contributed by atoms with Crippen molar-refractivity contribution in [3.8, 4) is 5.75 Å². The van der Waals surface area contributed by atoms with Crippen LogP contribution in [0.5, 0.6) is 5.75 Å². The summed E-state index contributed by atoms with van der Waals surface area (Å²) >= 11 is 0. The van der Waals surface area contributed by atoms with Gasteiger partial charge in [-0.25, -0.2) is 0 Å². The smallest absolute Gasteiger partial charge is 0.251 e. The van der Waals surface area contributed by atoms with Crippen LogP contribution < -0.4 is 10.1 Å². The molecule has 1 atom stereocenters. The summed E-state index contributed by atoms with van der Waals surface area (Å²) in [6.45, 7) is 2.06. The molecule has 20 heavy (non-hydrogen) atoms. The van der Waals surface area contributed by atoms with E-state index in [1.54, 1.807) is 31.4 Å². The van der Waals surface area contributed by atoms with Crippen molar-refractivity contribution < 1.29 is 9.53 Å². The first-order valence-electron chi connectivity index (χ1n) is 6.74. The molecule has 3 heteroatoms. The minimum Gasteiger partial charge on any atom is -0.497 e. The van der Waals surface area contributed by atoms with Gasteiger partial charge in [0.1, 0.15) is 5.75 Å². The first-order chi connectivity index (χ1) is 9.74. The highest BCUT2D eigenvalue weighted by Crippen LogP contribution is 2.17. The largest absolute Gasteiger partial charge is 0.497 e. The minimum atomic E-state index is -0.0663. The van der Waals surface area contributed by atoms with Gasteiger partial charge in [0.15, 0.2) is 0 Å². The van der Waals surface area contributed by atoms with Gasteiger partial charge in [-0.3, -0.25) is 4.79 Å². The molecule has 0 aliphatic rings. The summed E-state index contributed by atoms with van der Waals surface area (Å²) in [5.41, 5.74) is 1.76. The first kappa shape index (κ1) is 14.1. The van der Waals surface area contributed by atoms with Crippen LogP contribution in [0.1, 0.15) is 35.3 Å². The molecule has 2 aromatic rings. The van der Waals surface area contributed by atoms with Crippen molar-refractivity contribution in [3.05, 3.63) is 65.7 Å². The minimum absolute atomic E-state index is 0.0331. The number of amides is 1. The molecule has 0 aromatic heterocycles. The van der Waals surface area contributed by atoms with Crippen LogP contribution >= 0.6 is 0 Å². The SMILES string of the molecule is CC[C@@H](NC(=O)c1ccc(OC)cc1)c1ccccc1. The van der Waals surface area contributed by atoms with Gasteiger partial charge in [-0.1, -0.05) is 37.3 Å². The summed E-state index contributed by atoms with van der Waals surface area (Å²) < 4.78 is 5.09. The van der Waals surface area contributed by atoms with Crippen LogP contribution in [-0.4, -0.2) is 13.0 Å². The average Bonchev–Trinajstić information content (AvgIpc) is 2.53. The summed E-state index contributed by atoms with van der Waals surface area (Å²) in [6.07, 6.45) is 0.853. The van der Waals surface area contributed by atoms with E-state index in [4.69, 9.17) is 4.74 Å². The summed E-state index contributed by atoms with van der Waals surface area (Å²) in [6, 6.07) is 17.2. The number of nitrogens with one attached hydrogen (secondary N) is 1. The number of benzene rings is 2. The van der Waals surface area contributed by atoms with E-state index in [1.165, 1.54) is 0 Å². The lowest BCUT2D eigenvalue weighted by molar-refractivity contribution is 0.0935. The molecule has 3 nitrogen and oxygen atoms in total. The molecule has 0 unspecified atom stereocenters. The molecule has 1 N–H and O–H groups in total. The van der Waals surface area contributed by atoms with Crippen molar-refractivity contribution in [3.63, 3.8) is 0 Å². The molecule has 0 heterocycles. The van der Waals surface area contributed by atoms with Crippen LogP contribution in [0.2, 0.25) is 0 Å². The summed E-state index contributed by atoms with van der Waals surface area (Å²) in [7, 11) is 1.61. The maximum atomic E-state index is 12.2. The standard InChI is InChI=1S/C17H19NO2/c1-3-16(13-7-5-4-6-8-13)18-17(19)14-9-11-15(20-2)12-10-14/h4-12,16H,3H2,1-2H3,(H,18,19)/t16-/m1/s1. The summed E-state index contributed by atoms with van der Waals surface area (Å²) in [5, 5.41) is 3.06. The monoisotopic (exact) mass is 269 g/mol. The first-order valence-corrected chi connectivity index (χ1v) is 6.74. The molecule has 0 saturated heterocycles. The lowest BCUT2D eigenvalue weighted by atomic mass is 10.0. The number of ether oxygens (including phenoxy) is 1. The Hall–Kier alpha value is -2.29. The quantitative estimate of drug-likeness (QED) is 0.901. The lowest BCUT2D eigenvalue weighted by Gasteiger charge is -2.17. The Morgan fingerprint density at radius 1 is 1.10 bits per heavy atom. The van der Waals surface area contributed by atoms with Gasteiger partial charge in [0.2, 0.25) is 0 Å². The Balaban J connectivity index is 2.09. The zero-order valence-electron chi connectivity index (χ0n) is 11.8. The van der Waals surface area contributed by atoms with Gasteiger partial charge < -0.3 is 10.1 Å². The zero-order valence-corrected chi connectivity index (χ0v) is 11.8. The van der Waals surface area contributed by atoms with E-state index in [1.807, 2.05) is 30.3 Å². The van der Waals surface area contributed by atoms with E-state index in [2.05, 4.69) is 12.2 Å². The molecule has 2 aromatic carbocycles. The van der Waals surface area contributed by atoms with Gasteiger partial charge in [0, 0.05) is 5.56 Å². The molecule has 0 radical (unpaired) electrons. The third-order valence-electron chi connectivity index (χ3n) is 3.27. The highest BCUT2D eigenvalue weighted by Gasteiger charge is 2.13. The Labute approximate surface area is 119 Å². The molecule has 0 bridgehead atoms. The highest BCUT2D eigenvalue weighted by atomic mass is 16.5. The summed E-state index contributed by atoms with van der Waals surface area (Å²) in [4.78, 5) is 12.2. The molecule has 0 aliphatic heterocycles. The number of carbonyl (C=O) groups is 1. The molecule has 2 rings (SSSR count). The third kappa shape index (κ3) is 3.38. The van der Waals surface area contributed by atoms with Gasteiger partial charge in [-0.15, -0.1) is 0 Å². The molecular weight excluding hydrogens is 250 g/mol. The Morgan fingerprint density at radius 3 is 2.30 bits per heavy atom. The number of hydrogen-bond acceptors (Lipinski definition) is 2. The Morgan fingerprint density at radius 2 is 1.75 bits per heavy atom. The van der Waals surface area contributed by atoms with Crippen LogP contribution in [-0.2, 0) is 0 Å². The molecule has 0 saturated carbocycles. The third-order valence-corrected chi connectivity index (χ3v) is 3.27. The van der Waals surface area contributed by atoms with Gasteiger partial charge in [0.05, 0.1) is 13.2 Å². The predicted molar refractivity (Wildman–Crippen MR) is 79.9 cm³/mol. The van der Waals surface area contributed by atoms with E-state index in [0.717, 1.165) is 17.7 Å². The molecular formula is C17H19NO2. The van der Waals surface area contributed by atoms with E-state index in [9.17, 15) is 4.79 Å². The maximum Gasteiger partial charge on any atom is 0.251 e. The molecule has 104 valence electrons. The van der Waals surface area contributed by atoms with Crippen molar-refractivity contribution in [2.45, 2.75) is 19.4 Å². The fraction of sp³-hybridized carbons (Fsp3) is 0.235. The van der Waals surface area contributed by atoms with Crippen molar-refractivity contribution in [2.24, 2.45) is 0 Å². The van der Waals surface area contributed by atoms with Crippen molar-refractivity contribution in [1.82, 2.24) is 5.32 Å². The normalized spacial score (nSPS) is 11.7. The van der Waals surface area contributed by atoms with E-state index < -0.39 is 0 Å². The van der Waals surface area contributed by atoms with Crippen molar-refractivity contribution >= 4 is 5.91 Å². The lowest BCUT2D eigenvalue weighted by Crippen LogP contribution is -2.28. The molecule has 1 amide bonds. The fourth-order valence-electron chi connectivity index (χ4n) is 2.09. The average molecular weight is 269 g/mol. The van der Waals surface area contributed by atoms with Crippen LogP contribution in [0.4, 0.5) is 0 Å². The second-order valence-electron chi connectivity index (χ2n) is 4.57. The van der Waals surface area contributed by atoms with E-state index in [-0.39, 0.29) is 11.9 Å². The second kappa shape index (κ2) is 6.75. The zero-order chi connectivity index (χ0) is 14.4. The topological polar surface area (TPSA) is 38.3 Å². The van der Waals surface area contributed by atoms with Gasteiger partial charge >= 0.3 is 0 Å². The van der Waals surface area contributed by atoms with Crippen LogP contribution in [0, 0.1) is 0 Å². The van der Waals surface area contributed by atoms with Crippen LogP contribution in [0.15, 0.2) is 54.6 Å². The van der Waals surface area contributed by atoms with Gasteiger partial charge in [-0.05, 0) is 36.2 Å². The Bertz CT molecular complexity index is 549. The van der Waals surface area contributed by atoms with Crippen LogP contribution in [0.3, 0.4) is 0 Å². The number of methoxy groups -OCH3 is 1. The second-order valence-corrected chi connectivity index (χ2v) is 4.57. The maximum absolute atomic E-state index is 12.2. The number of rotatable bonds is 5. The van der Waals surface area contributed by atoms with Crippen molar-refractivity contribution in [1.29, 1.82) is 0 Å². The van der Waals surface area contributed by atoms with Crippen molar-refractivity contribution in [2.75, 3.05) is 7.11 Å². The van der Waals surface area contributed by atoms with Crippen LogP contribution in [0.25, 0.3) is 0 Å². The molecule has 0 aliphatic carbocycles. The number of carbonyl (C=O) groups excluding carboxylic acids is 1. The Kier molecular flexibility index (Phi) is 4.77. The number of hydrogen-bond donors (Lipinski definition) is 1. The van der Waals surface area contributed by atoms with E-state index >= 15 is 0 Å². The summed E-state index contributed by atoms with van der Waals surface area (Å²) in [5.74, 6) is 0.681. The predicted octanol–water partition coefficient (Wildman–Crippen LogP) is 3.58. The highest BCUT2D eigenvalue weighted by molar-refractivity contribution is 5.94. The van der Waals surface area contributed by atoms with Gasteiger partial charge in [0.25, 0.3) is 5.91 Å². The molecule has 0 spiro atoms. The molecule has 0 fully saturated rings. The van der Waals surface area contributed by atoms with E-state index in [0.29, 0.717) is 5.56 Å². The fourth-order valence-corrected chi connectivity index (χ4v) is 2.09. The van der Waals surface area contributed by atoms with Gasteiger partial charge in [-0.2, -0.15) is 0 Å².